The summed E-state index contributed by atoms with van der Waals surface area (Å²) in [4.78, 5) is 3.81. The van der Waals surface area contributed by atoms with Gasteiger partial charge in [0.2, 0.25) is 0 Å². The molecule has 0 bridgehead atoms. The summed E-state index contributed by atoms with van der Waals surface area (Å²) in [5.41, 5.74) is 1.14. The molecule has 0 aromatic rings. The molecule has 0 aliphatic rings. The Labute approximate surface area is 76.9 Å². The van der Waals surface area contributed by atoms with Gasteiger partial charge in [0.25, 0.3) is 0 Å². The van der Waals surface area contributed by atoms with E-state index in [2.05, 4.69) is 25.4 Å². The number of hydrogen-bond donors (Lipinski definition) is 0. The summed E-state index contributed by atoms with van der Waals surface area (Å²) in [5, 5.41) is 0. The predicted octanol–water partition coefficient (Wildman–Crippen LogP) is 3.48. The first kappa shape index (κ1) is 13.7. The Morgan fingerprint density at radius 1 is 1.33 bits per heavy atom. The van der Waals surface area contributed by atoms with E-state index in [1.807, 2.05) is 26.0 Å². The van der Waals surface area contributed by atoms with Gasteiger partial charge in [0.1, 0.15) is 0 Å². The van der Waals surface area contributed by atoms with E-state index in [0.717, 1.165) is 5.57 Å². The molecule has 0 heterocycles. The van der Waals surface area contributed by atoms with Crippen molar-refractivity contribution in [1.29, 1.82) is 0 Å². The maximum absolute atomic E-state index is 3.88. The third kappa shape index (κ3) is 9.15. The van der Waals surface area contributed by atoms with Crippen molar-refractivity contribution in [2.75, 3.05) is 7.05 Å². The van der Waals surface area contributed by atoms with Crippen LogP contribution in [0.5, 0.6) is 0 Å². The second kappa shape index (κ2) is 10.2. The van der Waals surface area contributed by atoms with Crippen LogP contribution in [0.1, 0.15) is 27.7 Å². The van der Waals surface area contributed by atoms with E-state index >= 15 is 0 Å². The van der Waals surface area contributed by atoms with Gasteiger partial charge in [0.05, 0.1) is 0 Å². The molecule has 0 atom stereocenters. The van der Waals surface area contributed by atoms with Crippen LogP contribution >= 0.6 is 0 Å². The second-order valence-corrected chi connectivity index (χ2v) is 2.50. The first-order chi connectivity index (χ1) is 5.68. The smallest absolute Gasteiger partial charge is 0.0277 e. The predicted molar refractivity (Wildman–Crippen MR) is 58.9 cm³/mol. The van der Waals surface area contributed by atoms with E-state index in [-0.39, 0.29) is 0 Å². The van der Waals surface area contributed by atoms with Gasteiger partial charge in [-0.15, -0.1) is 0 Å². The fourth-order valence-corrected chi connectivity index (χ4v) is 0.445. The Hall–Kier alpha value is -0.850. The lowest BCUT2D eigenvalue weighted by Crippen LogP contribution is -1.86. The maximum atomic E-state index is 3.88. The zero-order chi connectivity index (χ0) is 9.98. The summed E-state index contributed by atoms with van der Waals surface area (Å²) in [6.45, 7) is 12.1. The van der Waals surface area contributed by atoms with Gasteiger partial charge in [-0.1, -0.05) is 45.9 Å². The maximum Gasteiger partial charge on any atom is 0.0277 e. The monoisotopic (exact) mass is 167 g/mol. The highest BCUT2D eigenvalue weighted by atomic mass is 14.6. The molecule has 0 spiro atoms. The Kier molecular flexibility index (Phi) is 11.6. The first-order valence-corrected chi connectivity index (χ1v) is 4.46. The summed E-state index contributed by atoms with van der Waals surface area (Å²) in [7, 11) is 1.75. The minimum atomic E-state index is 0.529. The van der Waals surface area contributed by atoms with Gasteiger partial charge in [-0.2, -0.15) is 0 Å². The van der Waals surface area contributed by atoms with Crippen molar-refractivity contribution < 1.29 is 0 Å². The van der Waals surface area contributed by atoms with Crippen LogP contribution in [0.4, 0.5) is 0 Å². The zero-order valence-electron chi connectivity index (χ0n) is 8.96. The molecule has 0 saturated heterocycles. The molecule has 0 aromatic carbocycles. The highest BCUT2D eigenvalue weighted by Crippen LogP contribution is 2.06. The van der Waals surface area contributed by atoms with Crippen LogP contribution in [-0.2, 0) is 0 Å². The molecule has 12 heavy (non-hydrogen) atoms. The highest BCUT2D eigenvalue weighted by molar-refractivity contribution is 5.71. The molecule has 0 radical (unpaired) electrons. The van der Waals surface area contributed by atoms with E-state index in [1.54, 1.807) is 13.3 Å². The summed E-state index contributed by atoms with van der Waals surface area (Å²) in [6, 6.07) is 0. The Morgan fingerprint density at radius 3 is 2.17 bits per heavy atom. The van der Waals surface area contributed by atoms with E-state index in [4.69, 9.17) is 0 Å². The lowest BCUT2D eigenvalue weighted by molar-refractivity contribution is 0.795. The molecule has 1 nitrogen and oxygen atoms in total. The fourth-order valence-electron chi connectivity index (χ4n) is 0.445. The van der Waals surface area contributed by atoms with Crippen molar-refractivity contribution in [3.63, 3.8) is 0 Å². The van der Waals surface area contributed by atoms with Crippen molar-refractivity contribution in [3.8, 4) is 0 Å². The summed E-state index contributed by atoms with van der Waals surface area (Å²) >= 11 is 0. The SMILES string of the molecule is C=C(/C=C\C=NC)C(C)C.CC. The summed E-state index contributed by atoms with van der Waals surface area (Å²) in [5.74, 6) is 0.529. The largest absolute Gasteiger partial charge is 0.297 e. The topological polar surface area (TPSA) is 12.4 Å². The van der Waals surface area contributed by atoms with Gasteiger partial charge < -0.3 is 0 Å². The number of allylic oxidation sites excluding steroid dienone is 3. The van der Waals surface area contributed by atoms with Crippen LogP contribution < -0.4 is 0 Å². The molecule has 70 valence electrons. The van der Waals surface area contributed by atoms with Crippen LogP contribution in [-0.4, -0.2) is 13.3 Å². The number of hydrogen-bond acceptors (Lipinski definition) is 1. The highest BCUT2D eigenvalue weighted by Gasteiger charge is 1.92. The summed E-state index contributed by atoms with van der Waals surface area (Å²) < 4.78 is 0. The molecule has 0 unspecified atom stereocenters. The van der Waals surface area contributed by atoms with Gasteiger partial charge in [0, 0.05) is 13.3 Å². The number of rotatable bonds is 3. The minimum Gasteiger partial charge on any atom is -0.297 e. The van der Waals surface area contributed by atoms with Crippen LogP contribution in [0.15, 0.2) is 29.3 Å². The molecule has 0 amide bonds. The molecule has 0 aliphatic heterocycles. The lowest BCUT2D eigenvalue weighted by Gasteiger charge is -2.00. The molecule has 0 aliphatic carbocycles. The third-order valence-corrected chi connectivity index (χ3v) is 1.29. The Balaban J connectivity index is 0. The third-order valence-electron chi connectivity index (χ3n) is 1.29. The molecule has 0 rings (SSSR count). The average molecular weight is 167 g/mol. The van der Waals surface area contributed by atoms with Gasteiger partial charge in [-0.3, -0.25) is 4.99 Å². The number of aliphatic imine (C=N–C) groups is 1. The van der Waals surface area contributed by atoms with Crippen molar-refractivity contribution >= 4 is 6.21 Å². The van der Waals surface area contributed by atoms with Crippen molar-refractivity contribution in [1.82, 2.24) is 0 Å². The first-order valence-electron chi connectivity index (χ1n) is 4.46. The van der Waals surface area contributed by atoms with Crippen molar-refractivity contribution in [2.24, 2.45) is 10.9 Å². The average Bonchev–Trinajstić information content (AvgIpc) is 2.08. The van der Waals surface area contributed by atoms with E-state index in [1.165, 1.54) is 0 Å². The molecular weight excluding hydrogens is 146 g/mol. The molecule has 0 N–H and O–H groups in total. The van der Waals surface area contributed by atoms with Crippen LogP contribution in [0, 0.1) is 5.92 Å². The standard InChI is InChI=1S/C9H15N.C2H6/c1-8(2)9(3)6-5-7-10-4;1-2/h5-8H,3H2,1-2,4H3;1-2H3/b6-5-,10-7?;. The van der Waals surface area contributed by atoms with Crippen LogP contribution in [0.25, 0.3) is 0 Å². The van der Waals surface area contributed by atoms with Crippen molar-refractivity contribution in [3.05, 3.63) is 24.3 Å². The molecular formula is C11H21N. The second-order valence-electron chi connectivity index (χ2n) is 2.50. The van der Waals surface area contributed by atoms with Crippen LogP contribution in [0.3, 0.4) is 0 Å². The zero-order valence-corrected chi connectivity index (χ0v) is 8.96. The fraction of sp³-hybridized carbons (Fsp3) is 0.545. The summed E-state index contributed by atoms with van der Waals surface area (Å²) in [6.07, 6.45) is 5.65. The van der Waals surface area contributed by atoms with Gasteiger partial charge >= 0.3 is 0 Å². The Bertz CT molecular complexity index is 152. The van der Waals surface area contributed by atoms with Crippen LogP contribution in [0.2, 0.25) is 0 Å². The van der Waals surface area contributed by atoms with Gasteiger partial charge in [-0.25, -0.2) is 0 Å². The lowest BCUT2D eigenvalue weighted by atomic mass is 10.1. The van der Waals surface area contributed by atoms with E-state index in [9.17, 15) is 0 Å². The minimum absolute atomic E-state index is 0.529. The quantitative estimate of drug-likeness (QED) is 0.451. The van der Waals surface area contributed by atoms with Crippen molar-refractivity contribution in [2.45, 2.75) is 27.7 Å². The van der Waals surface area contributed by atoms with Gasteiger partial charge in [-0.05, 0) is 12.0 Å². The van der Waals surface area contributed by atoms with Gasteiger partial charge in [0.15, 0.2) is 0 Å². The molecule has 0 saturated carbocycles. The molecule has 0 fully saturated rings. The molecule has 0 aromatic heterocycles. The Morgan fingerprint density at radius 2 is 1.83 bits per heavy atom. The normalized spacial score (nSPS) is 10.5. The van der Waals surface area contributed by atoms with E-state index < -0.39 is 0 Å². The molecule has 1 heteroatoms. The van der Waals surface area contributed by atoms with E-state index in [0.29, 0.717) is 5.92 Å². The number of nitrogens with zero attached hydrogens (tertiary/aromatic N) is 1.